The summed E-state index contributed by atoms with van der Waals surface area (Å²) >= 11 is 1.22. The smallest absolute Gasteiger partial charge is 0.267 e. The molecule has 3 amide bonds. The molecule has 0 saturated carbocycles. The number of rotatable bonds is 10. The second kappa shape index (κ2) is 13.8. The number of nitrogens with one attached hydrogen (secondary N) is 2. The number of piperazine rings is 1. The Morgan fingerprint density at radius 1 is 1.18 bits per heavy atom. The SMILES string of the molecule is C=CN1C(=O)C(CCNc2ccc(NC(=O)CCN3CCN(C)CC3)cc2)S/C1=C(/C#N)C(=O)N(C)C(C)(C)C. The third-order valence-corrected chi connectivity index (χ3v) is 8.52. The minimum absolute atomic E-state index is 0.00375. The second-order valence-electron chi connectivity index (χ2n) is 11.1. The Hall–Kier alpha value is -3.33. The van der Waals surface area contributed by atoms with Gasteiger partial charge in [-0.05, 0) is 58.5 Å². The summed E-state index contributed by atoms with van der Waals surface area (Å²) in [4.78, 5) is 45.8. The third-order valence-electron chi connectivity index (χ3n) is 7.17. The van der Waals surface area contributed by atoms with Crippen LogP contribution in [0, 0.1) is 11.3 Å². The van der Waals surface area contributed by atoms with Crippen LogP contribution in [0.15, 0.2) is 47.6 Å². The first kappa shape index (κ1) is 31.2. The van der Waals surface area contributed by atoms with Gasteiger partial charge in [0.1, 0.15) is 16.7 Å². The summed E-state index contributed by atoms with van der Waals surface area (Å²) in [5.41, 5.74) is 1.06. The fourth-order valence-corrected chi connectivity index (χ4v) is 5.51. The van der Waals surface area contributed by atoms with Crippen molar-refractivity contribution in [3.63, 3.8) is 0 Å². The minimum atomic E-state index is -0.474. The van der Waals surface area contributed by atoms with Crippen LogP contribution in [0.25, 0.3) is 0 Å². The van der Waals surface area contributed by atoms with Gasteiger partial charge in [0, 0.05) is 75.9 Å². The Labute approximate surface area is 242 Å². The first-order valence-corrected chi connectivity index (χ1v) is 14.4. The molecule has 216 valence electrons. The fraction of sp³-hybridized carbons (Fsp3) is 0.517. The van der Waals surface area contributed by atoms with E-state index in [0.717, 1.165) is 44.1 Å². The van der Waals surface area contributed by atoms with E-state index in [1.165, 1.54) is 27.8 Å². The number of anilines is 2. The molecule has 1 aromatic carbocycles. The van der Waals surface area contributed by atoms with Crippen molar-refractivity contribution in [1.29, 1.82) is 5.26 Å². The van der Waals surface area contributed by atoms with Gasteiger partial charge in [-0.3, -0.25) is 19.3 Å². The molecule has 0 radical (unpaired) electrons. The minimum Gasteiger partial charge on any atom is -0.385 e. The van der Waals surface area contributed by atoms with E-state index < -0.39 is 16.7 Å². The largest absolute Gasteiger partial charge is 0.385 e. The lowest BCUT2D eigenvalue weighted by Gasteiger charge is -2.32. The van der Waals surface area contributed by atoms with Crippen molar-refractivity contribution in [2.75, 3.05) is 64.0 Å². The van der Waals surface area contributed by atoms with Gasteiger partial charge in [-0.25, -0.2) is 0 Å². The molecule has 11 heteroatoms. The van der Waals surface area contributed by atoms with Gasteiger partial charge >= 0.3 is 0 Å². The summed E-state index contributed by atoms with van der Waals surface area (Å²) in [5, 5.41) is 15.9. The average molecular weight is 568 g/mol. The quantitative estimate of drug-likeness (QED) is 0.328. The van der Waals surface area contributed by atoms with Crippen molar-refractivity contribution < 1.29 is 14.4 Å². The van der Waals surface area contributed by atoms with E-state index in [4.69, 9.17) is 0 Å². The molecule has 0 aliphatic carbocycles. The number of amides is 3. The molecule has 2 heterocycles. The monoisotopic (exact) mass is 567 g/mol. The molecule has 2 aliphatic rings. The summed E-state index contributed by atoms with van der Waals surface area (Å²) in [5.74, 6) is -0.635. The normalized spacial score (nSPS) is 19.6. The van der Waals surface area contributed by atoms with Gasteiger partial charge in [0.15, 0.2) is 0 Å². The van der Waals surface area contributed by atoms with Crippen molar-refractivity contribution in [2.24, 2.45) is 0 Å². The molecular weight excluding hydrogens is 526 g/mol. The van der Waals surface area contributed by atoms with Gasteiger partial charge in [0.05, 0.1) is 5.25 Å². The second-order valence-corrected chi connectivity index (χ2v) is 12.3. The van der Waals surface area contributed by atoms with E-state index in [1.807, 2.05) is 51.1 Å². The Kier molecular flexibility index (Phi) is 10.8. The van der Waals surface area contributed by atoms with Crippen LogP contribution in [0.5, 0.6) is 0 Å². The van der Waals surface area contributed by atoms with Gasteiger partial charge in [0.25, 0.3) is 5.91 Å². The molecule has 0 aromatic heterocycles. The standard InChI is InChI=1S/C29H41N7O3S/c1-7-36-27(39)24(40-28(36)23(20-30)26(38)34(6)29(2,3)4)12-14-31-21-8-10-22(11-9-21)32-25(37)13-15-35-18-16-33(5)17-19-35/h7-11,24,31H,1,12-19H2,2-6H3,(H,32,37)/b28-23-. The maximum absolute atomic E-state index is 13.0. The lowest BCUT2D eigenvalue weighted by molar-refractivity contribution is -0.129. The molecule has 0 spiro atoms. The predicted octanol–water partition coefficient (Wildman–Crippen LogP) is 3.14. The van der Waals surface area contributed by atoms with Crippen LogP contribution in [0.4, 0.5) is 11.4 Å². The zero-order chi connectivity index (χ0) is 29.4. The topological polar surface area (TPSA) is 112 Å². The summed E-state index contributed by atoms with van der Waals surface area (Å²) in [6.45, 7) is 14.7. The maximum Gasteiger partial charge on any atom is 0.267 e. The van der Waals surface area contributed by atoms with Crippen molar-refractivity contribution in [2.45, 2.75) is 44.4 Å². The summed E-state index contributed by atoms with van der Waals surface area (Å²) in [6.07, 6.45) is 2.31. The number of nitriles is 1. The lowest BCUT2D eigenvalue weighted by Crippen LogP contribution is -2.45. The molecule has 1 aromatic rings. The lowest BCUT2D eigenvalue weighted by atomic mass is 10.1. The van der Waals surface area contributed by atoms with Crippen molar-refractivity contribution in [3.05, 3.63) is 47.6 Å². The van der Waals surface area contributed by atoms with Gasteiger partial charge < -0.3 is 25.3 Å². The number of hydrogen-bond acceptors (Lipinski definition) is 8. The van der Waals surface area contributed by atoms with Gasteiger partial charge in [-0.15, -0.1) is 0 Å². The molecular formula is C29H41N7O3S. The zero-order valence-electron chi connectivity index (χ0n) is 24.2. The van der Waals surface area contributed by atoms with Crippen LogP contribution in [0.2, 0.25) is 0 Å². The van der Waals surface area contributed by atoms with Gasteiger partial charge in [-0.1, -0.05) is 18.3 Å². The molecule has 2 N–H and O–H groups in total. The van der Waals surface area contributed by atoms with E-state index in [9.17, 15) is 19.6 Å². The highest BCUT2D eigenvalue weighted by Crippen LogP contribution is 2.39. The zero-order valence-corrected chi connectivity index (χ0v) is 25.0. The highest BCUT2D eigenvalue weighted by molar-refractivity contribution is 8.04. The van der Waals surface area contributed by atoms with Crippen LogP contribution in [-0.4, -0.2) is 101 Å². The number of carbonyl (C=O) groups excluding carboxylic acids is 3. The first-order chi connectivity index (χ1) is 18.9. The van der Waals surface area contributed by atoms with Crippen LogP contribution in [-0.2, 0) is 14.4 Å². The number of benzene rings is 1. The Morgan fingerprint density at radius 3 is 2.38 bits per heavy atom. The fourth-order valence-electron chi connectivity index (χ4n) is 4.26. The average Bonchev–Trinajstić information content (AvgIpc) is 3.23. The predicted molar refractivity (Wildman–Crippen MR) is 160 cm³/mol. The molecule has 2 aliphatic heterocycles. The molecule has 1 atom stereocenters. The number of carbonyl (C=O) groups is 3. The molecule has 1 unspecified atom stereocenters. The number of nitrogens with zero attached hydrogens (tertiary/aromatic N) is 5. The van der Waals surface area contributed by atoms with Crippen molar-refractivity contribution >= 4 is 40.9 Å². The van der Waals surface area contributed by atoms with Crippen LogP contribution < -0.4 is 10.6 Å². The first-order valence-electron chi connectivity index (χ1n) is 13.5. The third kappa shape index (κ3) is 8.10. The number of hydrogen-bond donors (Lipinski definition) is 2. The Balaban J connectivity index is 1.51. The van der Waals surface area contributed by atoms with Crippen LogP contribution >= 0.6 is 11.8 Å². The number of thioether (sulfide) groups is 1. The van der Waals surface area contributed by atoms with Gasteiger partial charge in [0.2, 0.25) is 11.8 Å². The highest BCUT2D eigenvalue weighted by atomic mass is 32.2. The summed E-state index contributed by atoms with van der Waals surface area (Å²) < 4.78 is 0. The van der Waals surface area contributed by atoms with E-state index in [2.05, 4.69) is 34.1 Å². The van der Waals surface area contributed by atoms with Crippen LogP contribution in [0.1, 0.15) is 33.6 Å². The molecule has 0 bridgehead atoms. The van der Waals surface area contributed by atoms with E-state index in [0.29, 0.717) is 24.4 Å². The molecule has 2 fully saturated rings. The van der Waals surface area contributed by atoms with E-state index in [1.54, 1.807) is 7.05 Å². The summed E-state index contributed by atoms with van der Waals surface area (Å²) in [6, 6.07) is 9.47. The molecule has 10 nitrogen and oxygen atoms in total. The maximum atomic E-state index is 13.0. The summed E-state index contributed by atoms with van der Waals surface area (Å²) in [7, 11) is 3.76. The Bertz CT molecular complexity index is 1160. The van der Waals surface area contributed by atoms with E-state index >= 15 is 0 Å². The molecule has 3 rings (SSSR count). The van der Waals surface area contributed by atoms with Gasteiger partial charge in [-0.2, -0.15) is 5.26 Å². The molecule has 2 saturated heterocycles. The van der Waals surface area contributed by atoms with Crippen molar-refractivity contribution in [1.82, 2.24) is 19.6 Å². The number of likely N-dealkylation sites (N-methyl/N-ethyl adjacent to an activating group) is 2. The van der Waals surface area contributed by atoms with Crippen molar-refractivity contribution in [3.8, 4) is 6.07 Å². The Morgan fingerprint density at radius 2 is 1.80 bits per heavy atom. The molecule has 40 heavy (non-hydrogen) atoms. The van der Waals surface area contributed by atoms with E-state index in [-0.39, 0.29) is 17.4 Å². The van der Waals surface area contributed by atoms with Crippen LogP contribution in [0.3, 0.4) is 0 Å². The highest BCUT2D eigenvalue weighted by Gasteiger charge is 2.39.